The normalized spacial score (nSPS) is 15.4. The third-order valence-electron chi connectivity index (χ3n) is 2.82. The van der Waals surface area contributed by atoms with Crippen molar-refractivity contribution in [1.82, 2.24) is 5.32 Å². The van der Waals surface area contributed by atoms with Gasteiger partial charge in [0.05, 0.1) is 6.26 Å². The summed E-state index contributed by atoms with van der Waals surface area (Å²) in [5, 5.41) is 3.35. The molecule has 2 unspecified atom stereocenters. The Bertz CT molecular complexity index is 230. The van der Waals surface area contributed by atoms with Crippen LogP contribution in [0.1, 0.15) is 32.4 Å². The fraction of sp³-hybridized carbons (Fsp3) is 0.667. The highest BCUT2D eigenvalue weighted by Gasteiger charge is 2.12. The van der Waals surface area contributed by atoms with Gasteiger partial charge >= 0.3 is 0 Å². The second-order valence-electron chi connectivity index (χ2n) is 4.02. The van der Waals surface area contributed by atoms with Crippen LogP contribution in [-0.2, 0) is 6.42 Å². The molecule has 0 saturated carbocycles. The number of hydrogen-bond acceptors (Lipinski definition) is 2. The first-order valence-corrected chi connectivity index (χ1v) is 5.45. The molecule has 0 spiro atoms. The fourth-order valence-corrected chi connectivity index (χ4v) is 1.63. The van der Waals surface area contributed by atoms with Crippen LogP contribution < -0.4 is 5.32 Å². The van der Waals surface area contributed by atoms with Gasteiger partial charge in [0.15, 0.2) is 0 Å². The second-order valence-corrected chi connectivity index (χ2v) is 4.02. The maximum atomic E-state index is 5.34. The highest BCUT2D eigenvalue weighted by Crippen LogP contribution is 2.13. The van der Waals surface area contributed by atoms with E-state index in [1.165, 1.54) is 12.8 Å². The van der Waals surface area contributed by atoms with Crippen molar-refractivity contribution in [3.05, 3.63) is 24.2 Å². The van der Waals surface area contributed by atoms with Gasteiger partial charge in [-0.1, -0.05) is 20.3 Å². The molecular weight excluding hydrogens is 174 g/mol. The average molecular weight is 195 g/mol. The van der Waals surface area contributed by atoms with Gasteiger partial charge in [-0.15, -0.1) is 0 Å². The third-order valence-corrected chi connectivity index (χ3v) is 2.82. The minimum atomic E-state index is 0.538. The maximum absolute atomic E-state index is 5.34. The van der Waals surface area contributed by atoms with E-state index in [4.69, 9.17) is 4.42 Å². The van der Waals surface area contributed by atoms with Crippen molar-refractivity contribution >= 4 is 0 Å². The molecule has 1 aromatic rings. The Labute approximate surface area is 86.7 Å². The van der Waals surface area contributed by atoms with E-state index >= 15 is 0 Å². The van der Waals surface area contributed by atoms with Gasteiger partial charge in [-0.05, 0) is 31.5 Å². The molecule has 1 N–H and O–H groups in total. The molecule has 1 rings (SSSR count). The zero-order valence-corrected chi connectivity index (χ0v) is 9.42. The van der Waals surface area contributed by atoms with Gasteiger partial charge in [0.25, 0.3) is 0 Å². The van der Waals surface area contributed by atoms with Gasteiger partial charge in [-0.2, -0.15) is 0 Å². The summed E-state index contributed by atoms with van der Waals surface area (Å²) < 4.78 is 5.34. The van der Waals surface area contributed by atoms with E-state index in [0.717, 1.165) is 18.1 Å². The second kappa shape index (κ2) is 5.86. The Balaban J connectivity index is 2.39. The van der Waals surface area contributed by atoms with E-state index in [-0.39, 0.29) is 0 Å². The zero-order valence-electron chi connectivity index (χ0n) is 9.42. The number of likely N-dealkylation sites (N-methyl/N-ethyl adjacent to an activating group) is 1. The molecule has 0 fully saturated rings. The minimum absolute atomic E-state index is 0.538. The lowest BCUT2D eigenvalue weighted by atomic mass is 9.97. The molecule has 14 heavy (non-hydrogen) atoms. The summed E-state index contributed by atoms with van der Waals surface area (Å²) in [4.78, 5) is 0. The van der Waals surface area contributed by atoms with E-state index in [0.29, 0.717) is 6.04 Å². The van der Waals surface area contributed by atoms with Crippen LogP contribution in [-0.4, -0.2) is 13.1 Å². The molecule has 0 aromatic carbocycles. The van der Waals surface area contributed by atoms with E-state index in [9.17, 15) is 0 Å². The first-order valence-electron chi connectivity index (χ1n) is 5.45. The molecule has 0 bridgehead atoms. The van der Waals surface area contributed by atoms with E-state index in [2.05, 4.69) is 19.2 Å². The Kier molecular flexibility index (Phi) is 4.74. The van der Waals surface area contributed by atoms with Crippen LogP contribution in [0.2, 0.25) is 0 Å². The summed E-state index contributed by atoms with van der Waals surface area (Å²) in [6.45, 7) is 4.54. The minimum Gasteiger partial charge on any atom is -0.469 e. The van der Waals surface area contributed by atoms with Crippen LogP contribution in [0.15, 0.2) is 22.8 Å². The van der Waals surface area contributed by atoms with Crippen LogP contribution in [0, 0.1) is 5.92 Å². The van der Waals surface area contributed by atoms with Crippen LogP contribution >= 0.6 is 0 Å². The van der Waals surface area contributed by atoms with Gasteiger partial charge in [0, 0.05) is 12.5 Å². The van der Waals surface area contributed by atoms with Crippen LogP contribution in [0.3, 0.4) is 0 Å². The fourth-order valence-electron chi connectivity index (χ4n) is 1.63. The standard InChI is InChI=1S/C12H21NO/c1-4-10(2)8-11(13-3)9-12-6-5-7-14-12/h5-7,10-11,13H,4,8-9H2,1-3H3. The summed E-state index contributed by atoms with van der Waals surface area (Å²) in [6.07, 6.45) is 5.20. The van der Waals surface area contributed by atoms with Crippen molar-refractivity contribution in [3.8, 4) is 0 Å². The highest BCUT2D eigenvalue weighted by molar-refractivity contribution is 5.00. The van der Waals surface area contributed by atoms with Crippen molar-refractivity contribution in [2.45, 2.75) is 39.2 Å². The molecule has 0 radical (unpaired) electrons. The van der Waals surface area contributed by atoms with Crippen molar-refractivity contribution < 1.29 is 4.42 Å². The van der Waals surface area contributed by atoms with Gasteiger partial charge in [0.2, 0.25) is 0 Å². The summed E-state index contributed by atoms with van der Waals surface area (Å²) in [7, 11) is 2.02. The molecule has 0 aliphatic heterocycles. The van der Waals surface area contributed by atoms with Crippen molar-refractivity contribution in [3.63, 3.8) is 0 Å². The molecule has 2 heteroatoms. The number of furan rings is 1. The topological polar surface area (TPSA) is 25.2 Å². The lowest BCUT2D eigenvalue weighted by Crippen LogP contribution is -2.29. The number of rotatable bonds is 6. The Morgan fingerprint density at radius 1 is 1.50 bits per heavy atom. The molecular formula is C12H21NO. The van der Waals surface area contributed by atoms with E-state index in [1.807, 2.05) is 19.2 Å². The number of nitrogens with one attached hydrogen (secondary N) is 1. The molecule has 80 valence electrons. The lowest BCUT2D eigenvalue weighted by Gasteiger charge is -2.18. The molecule has 1 aromatic heterocycles. The zero-order chi connectivity index (χ0) is 10.4. The molecule has 0 aliphatic carbocycles. The smallest absolute Gasteiger partial charge is 0.105 e. The average Bonchev–Trinajstić information content (AvgIpc) is 2.69. The largest absolute Gasteiger partial charge is 0.469 e. The SMILES string of the molecule is CCC(C)CC(Cc1ccco1)NC. The monoisotopic (exact) mass is 195 g/mol. The first-order chi connectivity index (χ1) is 6.76. The van der Waals surface area contributed by atoms with Gasteiger partial charge in [0.1, 0.15) is 5.76 Å². The van der Waals surface area contributed by atoms with Crippen molar-refractivity contribution in [2.75, 3.05) is 7.05 Å². The van der Waals surface area contributed by atoms with E-state index < -0.39 is 0 Å². The van der Waals surface area contributed by atoms with Crippen molar-refractivity contribution in [2.24, 2.45) is 5.92 Å². The third kappa shape index (κ3) is 3.54. The molecule has 0 aliphatic rings. The summed E-state index contributed by atoms with van der Waals surface area (Å²) in [5.41, 5.74) is 0. The van der Waals surface area contributed by atoms with Crippen LogP contribution in [0.25, 0.3) is 0 Å². The maximum Gasteiger partial charge on any atom is 0.105 e. The Morgan fingerprint density at radius 3 is 2.79 bits per heavy atom. The molecule has 1 heterocycles. The summed E-state index contributed by atoms with van der Waals surface area (Å²) in [5.74, 6) is 1.86. The van der Waals surface area contributed by atoms with Crippen LogP contribution in [0.4, 0.5) is 0 Å². The van der Waals surface area contributed by atoms with E-state index in [1.54, 1.807) is 6.26 Å². The molecule has 0 saturated heterocycles. The van der Waals surface area contributed by atoms with Gasteiger partial charge in [-0.3, -0.25) is 0 Å². The molecule has 0 amide bonds. The quantitative estimate of drug-likeness (QED) is 0.755. The van der Waals surface area contributed by atoms with Crippen LogP contribution in [0.5, 0.6) is 0 Å². The molecule has 2 atom stereocenters. The summed E-state index contributed by atoms with van der Waals surface area (Å²) >= 11 is 0. The number of hydrogen-bond donors (Lipinski definition) is 1. The molecule has 2 nitrogen and oxygen atoms in total. The van der Waals surface area contributed by atoms with Crippen molar-refractivity contribution in [1.29, 1.82) is 0 Å². The van der Waals surface area contributed by atoms with Gasteiger partial charge in [-0.25, -0.2) is 0 Å². The highest BCUT2D eigenvalue weighted by atomic mass is 16.3. The first kappa shape index (κ1) is 11.3. The Hall–Kier alpha value is -0.760. The Morgan fingerprint density at radius 2 is 2.29 bits per heavy atom. The lowest BCUT2D eigenvalue weighted by molar-refractivity contribution is 0.384. The predicted molar refractivity (Wildman–Crippen MR) is 59.3 cm³/mol. The summed E-state index contributed by atoms with van der Waals surface area (Å²) in [6, 6.07) is 4.53. The van der Waals surface area contributed by atoms with Gasteiger partial charge < -0.3 is 9.73 Å². The predicted octanol–water partition coefficient (Wildman–Crippen LogP) is 2.85.